The summed E-state index contributed by atoms with van der Waals surface area (Å²) < 4.78 is 1.96. The summed E-state index contributed by atoms with van der Waals surface area (Å²) in [4.78, 5) is 4.80. The topological polar surface area (TPSA) is 43.6 Å². The first-order valence-corrected chi connectivity index (χ1v) is 8.61. The lowest BCUT2D eigenvalue weighted by Crippen LogP contribution is -2.05. The molecule has 0 aliphatic rings. The molecule has 0 atom stereocenters. The van der Waals surface area contributed by atoms with Gasteiger partial charge >= 0.3 is 0 Å². The van der Waals surface area contributed by atoms with E-state index in [0.29, 0.717) is 0 Å². The van der Waals surface area contributed by atoms with E-state index in [1.165, 1.54) is 5.56 Å². The number of nitrogens with zero attached hydrogens (tertiary/aromatic N) is 4. The molecule has 0 aliphatic carbocycles. The van der Waals surface area contributed by atoms with E-state index >= 15 is 0 Å². The lowest BCUT2D eigenvalue weighted by Gasteiger charge is -2.13. The molecule has 2 aromatic heterocycles. The van der Waals surface area contributed by atoms with Crippen LogP contribution < -0.4 is 0 Å². The Hall–Kier alpha value is -3.53. The molecule has 0 bridgehead atoms. The van der Waals surface area contributed by atoms with E-state index in [2.05, 4.69) is 46.7 Å². The van der Waals surface area contributed by atoms with Crippen molar-refractivity contribution < 1.29 is 0 Å². The van der Waals surface area contributed by atoms with Crippen molar-refractivity contribution in [1.82, 2.24) is 20.0 Å². The average Bonchev–Trinajstić information content (AvgIpc) is 3.14. The van der Waals surface area contributed by atoms with Crippen molar-refractivity contribution in [2.45, 2.75) is 6.42 Å². The number of hydrogen-bond acceptors (Lipinski definition) is 3. The van der Waals surface area contributed by atoms with Gasteiger partial charge in [0.15, 0.2) is 0 Å². The minimum Gasteiger partial charge on any atom is -0.248 e. The van der Waals surface area contributed by atoms with Crippen LogP contribution in [0.3, 0.4) is 0 Å². The highest BCUT2D eigenvalue weighted by atomic mass is 15.4. The minimum absolute atomic E-state index is 0.777. The van der Waals surface area contributed by atoms with E-state index in [0.717, 1.165) is 39.6 Å². The normalized spacial score (nSPS) is 11.2. The minimum atomic E-state index is 0.777. The zero-order valence-corrected chi connectivity index (χ0v) is 14.1. The van der Waals surface area contributed by atoms with E-state index in [-0.39, 0.29) is 0 Å². The molecule has 26 heavy (non-hydrogen) atoms. The monoisotopic (exact) mass is 336 g/mol. The molecule has 0 radical (unpaired) electrons. The average molecular weight is 336 g/mol. The van der Waals surface area contributed by atoms with Gasteiger partial charge in [-0.2, -0.15) is 0 Å². The molecule has 3 aromatic carbocycles. The van der Waals surface area contributed by atoms with Crippen LogP contribution in [0, 0.1) is 0 Å². The van der Waals surface area contributed by atoms with Crippen LogP contribution in [-0.2, 0) is 6.42 Å². The predicted octanol–water partition coefficient (Wildman–Crippen LogP) is 4.56. The highest BCUT2D eigenvalue weighted by Crippen LogP contribution is 2.29. The summed E-state index contributed by atoms with van der Waals surface area (Å²) in [6.07, 6.45) is 2.62. The quantitative estimate of drug-likeness (QED) is 0.454. The summed E-state index contributed by atoms with van der Waals surface area (Å²) >= 11 is 0. The first kappa shape index (κ1) is 14.8. The molecule has 0 amide bonds. The van der Waals surface area contributed by atoms with Gasteiger partial charge in [-0.3, -0.25) is 0 Å². The van der Waals surface area contributed by atoms with Gasteiger partial charge in [0.25, 0.3) is 0 Å². The molecule has 2 heterocycles. The Labute approximate surface area is 150 Å². The fourth-order valence-corrected chi connectivity index (χ4v) is 3.42. The van der Waals surface area contributed by atoms with Gasteiger partial charge in [-0.15, -0.1) is 5.10 Å². The molecule has 5 rings (SSSR count). The van der Waals surface area contributed by atoms with Crippen LogP contribution >= 0.6 is 0 Å². The molecular weight excluding hydrogens is 320 g/mol. The summed E-state index contributed by atoms with van der Waals surface area (Å²) in [6.45, 7) is 0. The molecule has 0 saturated carbocycles. The fourth-order valence-electron chi connectivity index (χ4n) is 3.42. The van der Waals surface area contributed by atoms with E-state index < -0.39 is 0 Å². The summed E-state index contributed by atoms with van der Waals surface area (Å²) in [7, 11) is 0. The van der Waals surface area contributed by atoms with E-state index in [1.54, 1.807) is 0 Å². The molecule has 4 nitrogen and oxygen atoms in total. The number of pyridine rings is 1. The molecule has 0 aliphatic heterocycles. The second-order valence-electron chi connectivity index (χ2n) is 6.29. The summed E-state index contributed by atoms with van der Waals surface area (Å²) in [5.74, 6) is 0. The maximum absolute atomic E-state index is 4.80. The zero-order chi connectivity index (χ0) is 17.3. The largest absolute Gasteiger partial charge is 0.248 e. The van der Waals surface area contributed by atoms with Crippen LogP contribution in [0.5, 0.6) is 0 Å². The van der Waals surface area contributed by atoms with Crippen molar-refractivity contribution in [3.8, 4) is 5.69 Å². The Kier molecular flexibility index (Phi) is 3.46. The molecule has 0 fully saturated rings. The number of benzene rings is 3. The number of hydrogen-bond donors (Lipinski definition) is 0. The van der Waals surface area contributed by atoms with Gasteiger partial charge in [0.05, 0.1) is 28.6 Å². The molecule has 4 heteroatoms. The Balaban J connectivity index is 1.78. The van der Waals surface area contributed by atoms with Crippen LogP contribution in [0.4, 0.5) is 0 Å². The molecular formula is C22H16N4. The Morgan fingerprint density at radius 1 is 0.692 bits per heavy atom. The second-order valence-corrected chi connectivity index (χ2v) is 6.29. The highest BCUT2D eigenvalue weighted by Gasteiger charge is 2.15. The summed E-state index contributed by atoms with van der Waals surface area (Å²) in [5.41, 5.74) is 5.25. The molecule has 0 unspecified atom stereocenters. The van der Waals surface area contributed by atoms with Crippen LogP contribution in [0.25, 0.3) is 27.5 Å². The zero-order valence-electron chi connectivity index (χ0n) is 14.1. The van der Waals surface area contributed by atoms with E-state index in [9.17, 15) is 0 Å². The van der Waals surface area contributed by atoms with Gasteiger partial charge in [-0.05, 0) is 17.7 Å². The Morgan fingerprint density at radius 2 is 1.31 bits per heavy atom. The first-order valence-electron chi connectivity index (χ1n) is 8.61. The molecule has 5 aromatic rings. The van der Waals surface area contributed by atoms with Crippen molar-refractivity contribution in [3.05, 3.63) is 96.3 Å². The summed E-state index contributed by atoms with van der Waals surface area (Å²) in [6, 6.07) is 26.8. The first-order chi connectivity index (χ1) is 12.9. The lowest BCUT2D eigenvalue weighted by molar-refractivity contribution is 0.781. The van der Waals surface area contributed by atoms with Crippen LogP contribution in [0.2, 0.25) is 0 Å². The Morgan fingerprint density at radius 3 is 2.00 bits per heavy atom. The maximum Gasteiger partial charge on any atom is 0.0854 e. The predicted molar refractivity (Wildman–Crippen MR) is 103 cm³/mol. The Bertz CT molecular complexity index is 1150. The number of fused-ring (bicyclic) bond motifs is 2. The number of para-hydroxylation sites is 2. The van der Waals surface area contributed by atoms with Gasteiger partial charge < -0.3 is 0 Å². The maximum atomic E-state index is 4.80. The van der Waals surface area contributed by atoms with Crippen molar-refractivity contribution >= 4 is 21.8 Å². The van der Waals surface area contributed by atoms with Gasteiger partial charge in [-0.25, -0.2) is 9.67 Å². The fraction of sp³-hybridized carbons (Fsp3) is 0.0455. The molecule has 0 N–H and O–H groups in total. The van der Waals surface area contributed by atoms with Crippen LogP contribution in [0.15, 0.2) is 85.1 Å². The van der Waals surface area contributed by atoms with Crippen LogP contribution in [-0.4, -0.2) is 20.0 Å². The van der Waals surface area contributed by atoms with Gasteiger partial charge in [0.1, 0.15) is 0 Å². The van der Waals surface area contributed by atoms with Crippen molar-refractivity contribution in [3.63, 3.8) is 0 Å². The summed E-state index contributed by atoms with van der Waals surface area (Å²) in [5, 5.41) is 10.8. The highest BCUT2D eigenvalue weighted by molar-refractivity contribution is 6.03. The third-order valence-electron chi connectivity index (χ3n) is 4.62. The second kappa shape index (κ2) is 6.08. The van der Waals surface area contributed by atoms with Gasteiger partial charge in [0, 0.05) is 17.2 Å². The van der Waals surface area contributed by atoms with Crippen molar-refractivity contribution in [2.75, 3.05) is 0 Å². The van der Waals surface area contributed by atoms with Crippen molar-refractivity contribution in [1.29, 1.82) is 0 Å². The SMILES string of the molecule is c1ccc(Cc2cnnn2-c2c3ccccc3nc3ccccc23)cc1. The number of aromatic nitrogens is 4. The van der Waals surface area contributed by atoms with Gasteiger partial charge in [0.2, 0.25) is 0 Å². The molecule has 0 spiro atoms. The van der Waals surface area contributed by atoms with Gasteiger partial charge in [-0.1, -0.05) is 71.9 Å². The molecule has 124 valence electrons. The van der Waals surface area contributed by atoms with E-state index in [4.69, 9.17) is 4.98 Å². The van der Waals surface area contributed by atoms with Crippen LogP contribution in [0.1, 0.15) is 11.3 Å². The standard InChI is InChI=1S/C22H16N4/c1-2-8-16(9-3-1)14-17-15-23-25-26(17)22-18-10-4-6-12-20(18)24-21-13-7-5-11-19(21)22/h1-13,15H,14H2. The third kappa shape index (κ3) is 2.43. The number of rotatable bonds is 3. The van der Waals surface area contributed by atoms with E-state index in [1.807, 2.05) is 53.3 Å². The smallest absolute Gasteiger partial charge is 0.0854 e. The van der Waals surface area contributed by atoms with Crippen molar-refractivity contribution in [2.24, 2.45) is 0 Å². The lowest BCUT2D eigenvalue weighted by atomic mass is 10.1. The molecule has 0 saturated heterocycles. The third-order valence-corrected chi connectivity index (χ3v) is 4.62.